The molecule has 0 bridgehead atoms. The molecule has 1 N–H and O–H groups in total. The Morgan fingerprint density at radius 1 is 1.28 bits per heavy atom. The predicted molar refractivity (Wildman–Crippen MR) is 112 cm³/mol. The number of esters is 1. The lowest BCUT2D eigenvalue weighted by atomic mass is 10.1. The van der Waals surface area contributed by atoms with Gasteiger partial charge < -0.3 is 14.8 Å². The fourth-order valence-electron chi connectivity index (χ4n) is 2.57. The Balaban J connectivity index is 1.99. The van der Waals surface area contributed by atoms with Crippen LogP contribution in [0.15, 0.2) is 30.3 Å². The van der Waals surface area contributed by atoms with Gasteiger partial charge in [-0.1, -0.05) is 41.4 Å². The van der Waals surface area contributed by atoms with Gasteiger partial charge in [-0.25, -0.2) is 9.48 Å². The number of rotatable bonds is 9. The predicted octanol–water partition coefficient (Wildman–Crippen LogP) is 2.91. The van der Waals surface area contributed by atoms with Gasteiger partial charge in [-0.15, -0.1) is 0 Å². The number of nitrogens with one attached hydrogen (secondary N) is 1. The number of benzene rings is 1. The number of carbonyl (C=O) groups excluding carboxylic acids is 2. The van der Waals surface area contributed by atoms with Crippen molar-refractivity contribution in [1.29, 1.82) is 0 Å². The highest BCUT2D eigenvalue weighted by Crippen LogP contribution is 2.22. The lowest BCUT2D eigenvalue weighted by Gasteiger charge is -2.11. The Morgan fingerprint density at radius 2 is 1.97 bits per heavy atom. The zero-order chi connectivity index (χ0) is 21.4. The van der Waals surface area contributed by atoms with Crippen molar-refractivity contribution in [3.05, 3.63) is 57.9 Å². The highest BCUT2D eigenvalue weighted by atomic mass is 35.5. The highest BCUT2D eigenvalue weighted by molar-refractivity contribution is 6.31. The molecule has 0 saturated heterocycles. The molecule has 0 fully saturated rings. The van der Waals surface area contributed by atoms with E-state index in [0.717, 1.165) is 5.56 Å². The number of amides is 1. The quantitative estimate of drug-likeness (QED) is 0.384. The zero-order valence-electron chi connectivity index (χ0n) is 17.1. The number of hydrogen-bond donors (Lipinski definition) is 1. The molecule has 2 rings (SSSR count). The van der Waals surface area contributed by atoms with E-state index in [1.165, 1.54) is 25.7 Å². The lowest BCUT2D eigenvalue weighted by Crippen LogP contribution is -2.37. The second-order valence-electron chi connectivity index (χ2n) is 6.63. The van der Waals surface area contributed by atoms with Gasteiger partial charge in [0.05, 0.1) is 18.8 Å². The molecular weight excluding hydrogens is 394 g/mol. The van der Waals surface area contributed by atoms with Gasteiger partial charge in [0.1, 0.15) is 5.15 Å². The molecular formula is C21H26ClN3O4. The largest absolute Gasteiger partial charge is 0.449 e. The third-order valence-electron chi connectivity index (χ3n) is 4.22. The Hall–Kier alpha value is -2.64. The van der Waals surface area contributed by atoms with Crippen molar-refractivity contribution in [2.24, 2.45) is 0 Å². The molecule has 1 amide bonds. The van der Waals surface area contributed by atoms with Gasteiger partial charge in [0.2, 0.25) is 0 Å². The van der Waals surface area contributed by atoms with E-state index in [2.05, 4.69) is 10.4 Å². The van der Waals surface area contributed by atoms with Crippen LogP contribution in [-0.4, -0.2) is 48.0 Å². The summed E-state index contributed by atoms with van der Waals surface area (Å²) in [6.45, 7) is 6.61. The molecule has 0 radical (unpaired) electrons. The third kappa shape index (κ3) is 6.73. The van der Waals surface area contributed by atoms with Gasteiger partial charge in [0.15, 0.2) is 6.10 Å². The van der Waals surface area contributed by atoms with E-state index < -0.39 is 12.1 Å². The molecule has 1 aromatic carbocycles. The van der Waals surface area contributed by atoms with Gasteiger partial charge in [-0.2, -0.15) is 5.10 Å². The topological polar surface area (TPSA) is 82.4 Å². The van der Waals surface area contributed by atoms with Crippen LogP contribution >= 0.6 is 11.6 Å². The Labute approximate surface area is 175 Å². The molecule has 156 valence electrons. The van der Waals surface area contributed by atoms with Gasteiger partial charge in [0.25, 0.3) is 5.91 Å². The number of aryl methyl sites for hydroxylation is 2. The van der Waals surface area contributed by atoms with Crippen molar-refractivity contribution in [1.82, 2.24) is 15.1 Å². The number of carbonyl (C=O) groups is 2. The maximum absolute atomic E-state index is 12.0. The summed E-state index contributed by atoms with van der Waals surface area (Å²) < 4.78 is 11.6. The van der Waals surface area contributed by atoms with Crippen molar-refractivity contribution in [3.8, 4) is 0 Å². The van der Waals surface area contributed by atoms with Gasteiger partial charge in [-0.3, -0.25) is 4.79 Å². The molecule has 0 unspecified atom stereocenters. The van der Waals surface area contributed by atoms with Crippen LogP contribution < -0.4 is 5.32 Å². The third-order valence-corrected chi connectivity index (χ3v) is 4.61. The van der Waals surface area contributed by atoms with E-state index in [1.54, 1.807) is 10.8 Å². The molecule has 8 heteroatoms. The SMILES string of the molecule is COCCNC(=O)[C@H](C)OC(=O)/C=C/c1c(C)nn(Cc2ccc(C)cc2)c1Cl. The number of methoxy groups -OCH3 is 1. The Bertz CT molecular complexity index is 875. The van der Waals surface area contributed by atoms with Gasteiger partial charge in [0, 0.05) is 25.3 Å². The minimum atomic E-state index is -0.912. The lowest BCUT2D eigenvalue weighted by molar-refractivity contribution is -0.150. The van der Waals surface area contributed by atoms with Crippen molar-refractivity contribution in [2.75, 3.05) is 20.3 Å². The maximum Gasteiger partial charge on any atom is 0.331 e. The van der Waals surface area contributed by atoms with E-state index >= 15 is 0 Å². The average Bonchev–Trinajstić information content (AvgIpc) is 2.94. The summed E-state index contributed by atoms with van der Waals surface area (Å²) in [7, 11) is 1.54. The number of ether oxygens (including phenoxy) is 2. The molecule has 0 saturated carbocycles. The standard InChI is InChI=1S/C21H26ClN3O4/c1-14-5-7-17(8-6-14)13-25-20(22)18(15(2)24-25)9-10-19(26)29-16(3)21(27)23-11-12-28-4/h5-10,16H,11-13H2,1-4H3,(H,23,27)/b10-9+/t16-/m0/s1. The smallest absolute Gasteiger partial charge is 0.331 e. The second-order valence-corrected chi connectivity index (χ2v) is 6.99. The van der Waals surface area contributed by atoms with Crippen LogP contribution in [0.4, 0.5) is 0 Å². The first-order valence-corrected chi connectivity index (χ1v) is 9.63. The normalized spacial score (nSPS) is 12.2. The van der Waals surface area contributed by atoms with Crippen LogP contribution in [0.25, 0.3) is 6.08 Å². The number of halogens is 1. The fraction of sp³-hybridized carbons (Fsp3) is 0.381. The molecule has 2 aromatic rings. The molecule has 0 aliphatic heterocycles. The monoisotopic (exact) mass is 419 g/mol. The molecule has 29 heavy (non-hydrogen) atoms. The van der Waals surface area contributed by atoms with Crippen molar-refractivity contribution in [3.63, 3.8) is 0 Å². The maximum atomic E-state index is 12.0. The number of hydrogen-bond acceptors (Lipinski definition) is 5. The minimum absolute atomic E-state index is 0.349. The van der Waals surface area contributed by atoms with E-state index in [1.807, 2.05) is 38.1 Å². The first-order chi connectivity index (χ1) is 13.8. The number of nitrogens with zero attached hydrogens (tertiary/aromatic N) is 2. The van der Waals surface area contributed by atoms with Crippen LogP contribution in [0, 0.1) is 13.8 Å². The van der Waals surface area contributed by atoms with Crippen LogP contribution in [0.3, 0.4) is 0 Å². The Morgan fingerprint density at radius 3 is 2.62 bits per heavy atom. The molecule has 0 spiro atoms. The van der Waals surface area contributed by atoms with Gasteiger partial charge >= 0.3 is 5.97 Å². The van der Waals surface area contributed by atoms with E-state index in [-0.39, 0.29) is 5.91 Å². The first-order valence-electron chi connectivity index (χ1n) is 9.25. The van der Waals surface area contributed by atoms with Crippen LogP contribution in [0.2, 0.25) is 5.15 Å². The summed E-state index contributed by atoms with van der Waals surface area (Å²) in [6, 6.07) is 8.11. The Kier molecular flexibility index (Phi) is 8.42. The van der Waals surface area contributed by atoms with Crippen molar-refractivity contribution < 1.29 is 19.1 Å². The first kappa shape index (κ1) is 22.6. The summed E-state index contributed by atoms with van der Waals surface area (Å²) in [5.41, 5.74) is 3.58. The molecule has 7 nitrogen and oxygen atoms in total. The molecule has 1 aromatic heterocycles. The molecule has 1 atom stereocenters. The molecule has 0 aliphatic rings. The van der Waals surface area contributed by atoms with Crippen molar-refractivity contribution >= 4 is 29.6 Å². The van der Waals surface area contributed by atoms with E-state index in [9.17, 15) is 9.59 Å². The van der Waals surface area contributed by atoms with Crippen LogP contribution in [0.1, 0.15) is 29.3 Å². The van der Waals surface area contributed by atoms with Crippen molar-refractivity contribution in [2.45, 2.75) is 33.4 Å². The molecule has 1 heterocycles. The van der Waals surface area contributed by atoms with Crippen LogP contribution in [-0.2, 0) is 25.6 Å². The second kappa shape index (κ2) is 10.8. The van der Waals surface area contributed by atoms with E-state index in [0.29, 0.717) is 36.1 Å². The van der Waals surface area contributed by atoms with E-state index in [4.69, 9.17) is 21.1 Å². The average molecular weight is 420 g/mol. The van der Waals surface area contributed by atoms with Crippen LogP contribution in [0.5, 0.6) is 0 Å². The molecule has 0 aliphatic carbocycles. The summed E-state index contributed by atoms with van der Waals surface area (Å²) in [4.78, 5) is 23.9. The minimum Gasteiger partial charge on any atom is -0.449 e. The number of aromatic nitrogens is 2. The van der Waals surface area contributed by atoms with Gasteiger partial charge in [-0.05, 0) is 32.4 Å². The summed E-state index contributed by atoms with van der Waals surface area (Å²) >= 11 is 6.44. The highest BCUT2D eigenvalue weighted by Gasteiger charge is 2.17. The fourth-order valence-corrected chi connectivity index (χ4v) is 2.86. The summed E-state index contributed by atoms with van der Waals surface area (Å²) in [5.74, 6) is -1.02. The summed E-state index contributed by atoms with van der Waals surface area (Å²) in [6.07, 6.45) is 1.88. The zero-order valence-corrected chi connectivity index (χ0v) is 17.8. The summed E-state index contributed by atoms with van der Waals surface area (Å²) in [5, 5.41) is 7.48.